The molecule has 16 heavy (non-hydrogen) atoms. The quantitative estimate of drug-likeness (QED) is 0.776. The zero-order valence-electron chi connectivity index (χ0n) is 9.87. The number of carboxylic acid groups (broad SMARTS) is 1. The molecular weight excluding hydrogens is 222 g/mol. The van der Waals surface area contributed by atoms with Gasteiger partial charge in [0.2, 0.25) is 0 Å². The highest BCUT2D eigenvalue weighted by Gasteiger charge is 2.39. The van der Waals surface area contributed by atoms with Crippen LogP contribution in [0.15, 0.2) is 0 Å². The number of rotatable bonds is 5. The Morgan fingerprint density at radius 1 is 1.44 bits per heavy atom. The fourth-order valence-electron chi connectivity index (χ4n) is 2.83. The first-order valence-electron chi connectivity index (χ1n) is 6.18. The minimum absolute atomic E-state index is 0.139. The van der Waals surface area contributed by atoms with Gasteiger partial charge in [-0.15, -0.1) is 0 Å². The first-order valence-corrected chi connectivity index (χ1v) is 7.41. The summed E-state index contributed by atoms with van der Waals surface area (Å²) in [5.41, 5.74) is 0. The third kappa shape index (κ3) is 2.38. The predicted octanol–water partition coefficient (Wildman–Crippen LogP) is 2.11. The molecule has 0 aromatic heterocycles. The number of carbonyl (C=O) groups is 1. The Hall–Kier alpha value is -0.220. The molecule has 2 unspecified atom stereocenters. The van der Waals surface area contributed by atoms with Crippen LogP contribution in [0.3, 0.4) is 0 Å². The molecule has 0 aliphatic heterocycles. The highest BCUT2D eigenvalue weighted by atomic mass is 32.2. The van der Waals surface area contributed by atoms with E-state index in [2.05, 4.69) is 11.6 Å². The van der Waals surface area contributed by atoms with Crippen molar-refractivity contribution in [2.75, 3.05) is 12.8 Å². The Morgan fingerprint density at radius 3 is 2.56 bits per heavy atom. The lowest BCUT2D eigenvalue weighted by molar-refractivity contribution is -0.146. The number of nitrogens with one attached hydrogen (secondary N) is 1. The van der Waals surface area contributed by atoms with Crippen LogP contribution in [0.5, 0.6) is 0 Å². The van der Waals surface area contributed by atoms with Crippen LogP contribution < -0.4 is 5.32 Å². The van der Waals surface area contributed by atoms with E-state index in [1.54, 1.807) is 0 Å². The van der Waals surface area contributed by atoms with Gasteiger partial charge in [-0.05, 0) is 31.9 Å². The summed E-state index contributed by atoms with van der Waals surface area (Å²) in [6.07, 6.45) is 9.28. The molecule has 4 heteroatoms. The van der Waals surface area contributed by atoms with Gasteiger partial charge in [-0.25, -0.2) is 0 Å². The molecule has 0 radical (unpaired) electrons. The Morgan fingerprint density at radius 2 is 2.12 bits per heavy atom. The van der Waals surface area contributed by atoms with Crippen LogP contribution >= 0.6 is 11.8 Å². The number of thioether (sulfide) groups is 1. The van der Waals surface area contributed by atoms with E-state index in [-0.39, 0.29) is 12.0 Å². The molecule has 2 saturated carbocycles. The second-order valence-electron chi connectivity index (χ2n) is 5.10. The van der Waals surface area contributed by atoms with Crippen molar-refractivity contribution < 1.29 is 9.90 Å². The largest absolute Gasteiger partial charge is 0.481 e. The topological polar surface area (TPSA) is 49.3 Å². The SMILES string of the molecule is CSC1(CNC2CCC2C(=O)O)CCCC1. The monoisotopic (exact) mass is 243 g/mol. The van der Waals surface area contributed by atoms with Gasteiger partial charge in [-0.1, -0.05) is 12.8 Å². The highest BCUT2D eigenvalue weighted by molar-refractivity contribution is 8.00. The van der Waals surface area contributed by atoms with Crippen LogP contribution in [0.25, 0.3) is 0 Å². The van der Waals surface area contributed by atoms with E-state index in [0.29, 0.717) is 4.75 Å². The molecule has 0 spiro atoms. The standard InChI is InChI=1S/C12H21NO2S/c1-16-12(6-2-3-7-12)8-13-10-5-4-9(10)11(14)15/h9-10,13H,2-8H2,1H3,(H,14,15). The van der Waals surface area contributed by atoms with Crippen molar-refractivity contribution in [3.8, 4) is 0 Å². The minimum Gasteiger partial charge on any atom is -0.481 e. The molecule has 2 rings (SSSR count). The van der Waals surface area contributed by atoms with E-state index >= 15 is 0 Å². The maximum atomic E-state index is 10.9. The minimum atomic E-state index is -0.631. The molecule has 0 heterocycles. The summed E-state index contributed by atoms with van der Waals surface area (Å²) in [6.45, 7) is 0.989. The molecule has 2 aliphatic rings. The summed E-state index contributed by atoms with van der Waals surface area (Å²) >= 11 is 1.96. The third-order valence-corrected chi connectivity index (χ3v) is 5.64. The van der Waals surface area contributed by atoms with Crippen LogP contribution in [0.2, 0.25) is 0 Å². The smallest absolute Gasteiger partial charge is 0.308 e. The summed E-state index contributed by atoms with van der Waals surface area (Å²) in [7, 11) is 0. The summed E-state index contributed by atoms with van der Waals surface area (Å²) in [5, 5.41) is 12.5. The predicted molar refractivity (Wildman–Crippen MR) is 66.9 cm³/mol. The van der Waals surface area contributed by atoms with Crippen molar-refractivity contribution in [1.82, 2.24) is 5.32 Å². The van der Waals surface area contributed by atoms with Crippen LogP contribution in [0.1, 0.15) is 38.5 Å². The van der Waals surface area contributed by atoms with E-state index in [1.165, 1.54) is 25.7 Å². The molecule has 0 bridgehead atoms. The lowest BCUT2D eigenvalue weighted by Crippen LogP contribution is -2.51. The second kappa shape index (κ2) is 4.96. The number of hydrogen-bond donors (Lipinski definition) is 2. The molecule has 92 valence electrons. The molecule has 0 aromatic carbocycles. The number of hydrogen-bond acceptors (Lipinski definition) is 3. The molecule has 0 aromatic rings. The van der Waals surface area contributed by atoms with Gasteiger partial charge in [0.05, 0.1) is 5.92 Å². The van der Waals surface area contributed by atoms with Gasteiger partial charge < -0.3 is 10.4 Å². The normalized spacial score (nSPS) is 32.3. The zero-order chi connectivity index (χ0) is 11.6. The fraction of sp³-hybridized carbons (Fsp3) is 0.917. The van der Waals surface area contributed by atoms with Gasteiger partial charge in [0, 0.05) is 17.3 Å². The Bertz CT molecular complexity index is 264. The third-order valence-electron chi connectivity index (χ3n) is 4.23. The van der Waals surface area contributed by atoms with Crippen LogP contribution in [-0.2, 0) is 4.79 Å². The summed E-state index contributed by atoms with van der Waals surface area (Å²) in [5.74, 6) is -0.770. The van der Waals surface area contributed by atoms with Crippen molar-refractivity contribution in [3.05, 3.63) is 0 Å². The molecule has 2 aliphatic carbocycles. The molecule has 0 amide bonds. The van der Waals surface area contributed by atoms with Crippen LogP contribution in [-0.4, -0.2) is 34.7 Å². The molecule has 0 saturated heterocycles. The number of aliphatic carboxylic acids is 1. The molecule has 2 N–H and O–H groups in total. The van der Waals surface area contributed by atoms with Crippen molar-refractivity contribution in [2.45, 2.75) is 49.3 Å². The van der Waals surface area contributed by atoms with Crippen molar-refractivity contribution >= 4 is 17.7 Å². The summed E-state index contributed by atoms with van der Waals surface area (Å²) < 4.78 is 0.388. The average Bonchev–Trinajstić information content (AvgIpc) is 2.65. The van der Waals surface area contributed by atoms with Gasteiger partial charge >= 0.3 is 5.97 Å². The lowest BCUT2D eigenvalue weighted by Gasteiger charge is -2.37. The summed E-state index contributed by atoms with van der Waals surface area (Å²) in [6, 6.07) is 0.224. The Balaban J connectivity index is 1.80. The molecule has 2 fully saturated rings. The second-order valence-corrected chi connectivity index (χ2v) is 6.38. The van der Waals surface area contributed by atoms with Gasteiger partial charge in [-0.2, -0.15) is 11.8 Å². The molecule has 2 atom stereocenters. The van der Waals surface area contributed by atoms with Crippen molar-refractivity contribution in [3.63, 3.8) is 0 Å². The zero-order valence-corrected chi connectivity index (χ0v) is 10.7. The number of carboxylic acids is 1. The van der Waals surface area contributed by atoms with E-state index in [9.17, 15) is 4.79 Å². The molecule has 3 nitrogen and oxygen atoms in total. The molecular formula is C12H21NO2S. The maximum Gasteiger partial charge on any atom is 0.308 e. The Labute approximate surface area is 101 Å². The van der Waals surface area contributed by atoms with E-state index in [1.807, 2.05) is 11.8 Å². The summed E-state index contributed by atoms with van der Waals surface area (Å²) in [4.78, 5) is 10.9. The van der Waals surface area contributed by atoms with Gasteiger partial charge in [-0.3, -0.25) is 4.79 Å². The maximum absolute atomic E-state index is 10.9. The van der Waals surface area contributed by atoms with E-state index in [0.717, 1.165) is 19.4 Å². The van der Waals surface area contributed by atoms with Gasteiger partial charge in [0.25, 0.3) is 0 Å². The van der Waals surface area contributed by atoms with Crippen LogP contribution in [0.4, 0.5) is 0 Å². The average molecular weight is 243 g/mol. The van der Waals surface area contributed by atoms with Crippen LogP contribution in [0, 0.1) is 5.92 Å². The van der Waals surface area contributed by atoms with E-state index < -0.39 is 5.97 Å². The fourth-order valence-corrected chi connectivity index (χ4v) is 3.75. The Kier molecular flexibility index (Phi) is 3.80. The van der Waals surface area contributed by atoms with Crippen molar-refractivity contribution in [2.24, 2.45) is 5.92 Å². The van der Waals surface area contributed by atoms with E-state index in [4.69, 9.17) is 5.11 Å². The first kappa shape index (κ1) is 12.2. The lowest BCUT2D eigenvalue weighted by atomic mass is 9.79. The van der Waals surface area contributed by atoms with Crippen molar-refractivity contribution in [1.29, 1.82) is 0 Å². The van der Waals surface area contributed by atoms with Gasteiger partial charge in [0.1, 0.15) is 0 Å². The highest BCUT2D eigenvalue weighted by Crippen LogP contribution is 2.40. The van der Waals surface area contributed by atoms with Gasteiger partial charge in [0.15, 0.2) is 0 Å². The first-order chi connectivity index (χ1) is 7.67.